The van der Waals surface area contributed by atoms with Crippen molar-refractivity contribution >= 4 is 16.9 Å². The van der Waals surface area contributed by atoms with Crippen molar-refractivity contribution in [2.24, 2.45) is 7.05 Å². The third kappa shape index (κ3) is 3.69. The fourth-order valence-electron chi connectivity index (χ4n) is 3.56. The van der Waals surface area contributed by atoms with Crippen molar-refractivity contribution in [2.45, 2.75) is 19.4 Å². The predicted molar refractivity (Wildman–Crippen MR) is 116 cm³/mol. The second-order valence-electron chi connectivity index (χ2n) is 7.21. The summed E-state index contributed by atoms with van der Waals surface area (Å²) in [7, 11) is 1.95. The van der Waals surface area contributed by atoms with Gasteiger partial charge in [0.1, 0.15) is 17.1 Å². The van der Waals surface area contributed by atoms with Crippen molar-refractivity contribution in [1.29, 1.82) is 0 Å². The summed E-state index contributed by atoms with van der Waals surface area (Å²) in [6.07, 6.45) is 6.88. The molecule has 7 nitrogen and oxygen atoms in total. The second kappa shape index (κ2) is 7.87. The van der Waals surface area contributed by atoms with Crippen LogP contribution in [-0.2, 0) is 26.4 Å². The van der Waals surface area contributed by atoms with Crippen LogP contribution in [0.1, 0.15) is 17.1 Å². The molecule has 5 aromatic rings. The lowest BCUT2D eigenvalue weighted by Crippen LogP contribution is -2.00. The maximum atomic E-state index is 5.40. The number of anilines is 1. The summed E-state index contributed by atoms with van der Waals surface area (Å²) >= 11 is 0. The van der Waals surface area contributed by atoms with Crippen molar-refractivity contribution in [2.75, 3.05) is 5.32 Å². The molecule has 5 rings (SSSR count). The summed E-state index contributed by atoms with van der Waals surface area (Å²) in [5, 5.41) is 7.73. The van der Waals surface area contributed by atoms with Crippen LogP contribution < -0.4 is 5.32 Å². The largest absolute Gasteiger partial charge is 0.469 e. The first-order chi connectivity index (χ1) is 14.8. The molecule has 0 bridgehead atoms. The number of rotatable bonds is 7. The summed E-state index contributed by atoms with van der Waals surface area (Å²) in [6.45, 7) is 0.708. The highest BCUT2D eigenvalue weighted by atomic mass is 16.3. The van der Waals surface area contributed by atoms with Gasteiger partial charge in [-0.1, -0.05) is 24.3 Å². The average Bonchev–Trinajstić information content (AvgIpc) is 3.52. The second-order valence-corrected chi connectivity index (χ2v) is 7.21. The molecular weight excluding hydrogens is 376 g/mol. The third-order valence-electron chi connectivity index (χ3n) is 5.18. The van der Waals surface area contributed by atoms with Crippen LogP contribution in [0.3, 0.4) is 0 Å². The predicted octanol–water partition coefficient (Wildman–Crippen LogP) is 4.35. The van der Waals surface area contributed by atoms with E-state index in [4.69, 9.17) is 9.40 Å². The number of imidazole rings is 1. The number of hydrogen-bond acceptors (Lipinski definition) is 5. The number of H-pyrrole nitrogens is 1. The molecule has 0 radical (unpaired) electrons. The van der Waals surface area contributed by atoms with Crippen LogP contribution in [0.5, 0.6) is 0 Å². The van der Waals surface area contributed by atoms with Crippen molar-refractivity contribution in [1.82, 2.24) is 24.7 Å². The Balaban J connectivity index is 1.28. The Bertz CT molecular complexity index is 1250. The van der Waals surface area contributed by atoms with Gasteiger partial charge >= 0.3 is 0 Å². The number of pyridine rings is 1. The standard InChI is InChI=1S/C23H22N6O/c1-29-20(11-13-26-29)17-6-4-16(5-7-17)15-25-19-10-12-24-23-22(19)27-21(28-23)9-8-18-3-2-14-30-18/h2-7,10-14H,8-9,15H2,1H3,(H2,24,25,27,28). The van der Waals surface area contributed by atoms with Gasteiger partial charge in [-0.3, -0.25) is 4.68 Å². The molecule has 1 aromatic carbocycles. The Morgan fingerprint density at radius 1 is 1.03 bits per heavy atom. The van der Waals surface area contributed by atoms with E-state index >= 15 is 0 Å². The van der Waals surface area contributed by atoms with Crippen LogP contribution in [0.15, 0.2) is 71.6 Å². The Kier molecular flexibility index (Phi) is 4.77. The lowest BCUT2D eigenvalue weighted by Gasteiger charge is -2.08. The molecule has 0 aliphatic rings. The first-order valence-corrected chi connectivity index (χ1v) is 9.93. The van der Waals surface area contributed by atoms with Gasteiger partial charge in [0.15, 0.2) is 5.65 Å². The van der Waals surface area contributed by atoms with E-state index in [1.807, 2.05) is 42.2 Å². The topological polar surface area (TPSA) is 84.6 Å². The molecule has 0 spiro atoms. The highest BCUT2D eigenvalue weighted by molar-refractivity contribution is 5.85. The zero-order valence-corrected chi connectivity index (χ0v) is 16.7. The summed E-state index contributed by atoms with van der Waals surface area (Å²) in [6, 6.07) is 16.4. The normalized spacial score (nSPS) is 11.2. The highest BCUT2D eigenvalue weighted by Crippen LogP contribution is 2.22. The van der Waals surface area contributed by atoms with Gasteiger partial charge in [0.05, 0.1) is 17.6 Å². The van der Waals surface area contributed by atoms with Crippen LogP contribution in [0.2, 0.25) is 0 Å². The van der Waals surface area contributed by atoms with Gasteiger partial charge in [-0.25, -0.2) is 9.97 Å². The zero-order chi connectivity index (χ0) is 20.3. The number of nitrogens with zero attached hydrogens (tertiary/aromatic N) is 4. The molecule has 4 heterocycles. The monoisotopic (exact) mass is 398 g/mol. The molecule has 4 aromatic heterocycles. The molecule has 150 valence electrons. The molecule has 0 fully saturated rings. The number of fused-ring (bicyclic) bond motifs is 1. The number of aryl methyl sites for hydroxylation is 3. The van der Waals surface area contributed by atoms with E-state index in [9.17, 15) is 0 Å². The van der Waals surface area contributed by atoms with Crippen molar-refractivity contribution in [3.8, 4) is 11.3 Å². The van der Waals surface area contributed by atoms with Crippen molar-refractivity contribution < 1.29 is 4.42 Å². The van der Waals surface area contributed by atoms with Gasteiger partial charge in [-0.2, -0.15) is 5.10 Å². The van der Waals surface area contributed by atoms with E-state index in [2.05, 4.69) is 44.6 Å². The minimum Gasteiger partial charge on any atom is -0.469 e. The van der Waals surface area contributed by atoms with E-state index in [0.29, 0.717) is 6.54 Å². The van der Waals surface area contributed by atoms with Gasteiger partial charge in [-0.05, 0) is 35.4 Å². The van der Waals surface area contributed by atoms with Crippen LogP contribution in [0, 0.1) is 0 Å². The molecule has 0 unspecified atom stereocenters. The van der Waals surface area contributed by atoms with Crippen LogP contribution in [0.25, 0.3) is 22.4 Å². The zero-order valence-electron chi connectivity index (χ0n) is 16.7. The lowest BCUT2D eigenvalue weighted by molar-refractivity contribution is 0.507. The lowest BCUT2D eigenvalue weighted by atomic mass is 10.1. The first kappa shape index (κ1) is 18.2. The van der Waals surface area contributed by atoms with E-state index < -0.39 is 0 Å². The van der Waals surface area contributed by atoms with Crippen molar-refractivity contribution in [3.63, 3.8) is 0 Å². The fraction of sp³-hybridized carbons (Fsp3) is 0.174. The minimum absolute atomic E-state index is 0.708. The number of furan rings is 1. The summed E-state index contributed by atoms with van der Waals surface area (Å²) in [4.78, 5) is 12.5. The Hall–Kier alpha value is -3.87. The Morgan fingerprint density at radius 3 is 2.70 bits per heavy atom. The van der Waals surface area contributed by atoms with Gasteiger partial charge in [0.25, 0.3) is 0 Å². The van der Waals surface area contributed by atoms with Gasteiger partial charge in [0.2, 0.25) is 0 Å². The maximum absolute atomic E-state index is 5.40. The Labute approximate surface area is 173 Å². The SMILES string of the molecule is Cn1nccc1-c1ccc(CNc2ccnc3[nH]c(CCc4ccco4)nc23)cc1. The van der Waals surface area contributed by atoms with Crippen LogP contribution >= 0.6 is 0 Å². The van der Waals surface area contributed by atoms with E-state index in [1.54, 1.807) is 12.5 Å². The van der Waals surface area contributed by atoms with Gasteiger partial charge in [0, 0.05) is 38.8 Å². The van der Waals surface area contributed by atoms with E-state index in [1.165, 1.54) is 5.56 Å². The molecule has 7 heteroatoms. The summed E-state index contributed by atoms with van der Waals surface area (Å²) in [5.74, 6) is 1.86. The molecule has 0 saturated carbocycles. The number of nitrogens with one attached hydrogen (secondary N) is 2. The van der Waals surface area contributed by atoms with Gasteiger partial charge < -0.3 is 14.7 Å². The van der Waals surface area contributed by atoms with Gasteiger partial charge in [-0.15, -0.1) is 0 Å². The molecule has 0 atom stereocenters. The minimum atomic E-state index is 0.708. The molecule has 30 heavy (non-hydrogen) atoms. The summed E-state index contributed by atoms with van der Waals surface area (Å²) in [5.41, 5.74) is 6.07. The fourth-order valence-corrected chi connectivity index (χ4v) is 3.56. The Morgan fingerprint density at radius 2 is 1.93 bits per heavy atom. The maximum Gasteiger partial charge on any atom is 0.159 e. The average molecular weight is 398 g/mol. The number of aromatic amines is 1. The first-order valence-electron chi connectivity index (χ1n) is 9.93. The van der Waals surface area contributed by atoms with E-state index in [-0.39, 0.29) is 0 Å². The number of aromatic nitrogens is 5. The quantitative estimate of drug-likeness (QED) is 0.426. The van der Waals surface area contributed by atoms with Crippen LogP contribution in [0.4, 0.5) is 5.69 Å². The molecular formula is C23H22N6O. The van der Waals surface area contributed by atoms with Crippen molar-refractivity contribution in [3.05, 3.63) is 84.3 Å². The summed E-state index contributed by atoms with van der Waals surface area (Å²) < 4.78 is 7.28. The van der Waals surface area contributed by atoms with Crippen LogP contribution in [-0.4, -0.2) is 24.7 Å². The highest BCUT2D eigenvalue weighted by Gasteiger charge is 2.10. The van der Waals surface area contributed by atoms with E-state index in [0.717, 1.165) is 52.5 Å². The number of hydrogen-bond donors (Lipinski definition) is 2. The smallest absolute Gasteiger partial charge is 0.159 e. The molecule has 2 N–H and O–H groups in total. The molecule has 0 aliphatic heterocycles. The molecule has 0 aliphatic carbocycles. The molecule has 0 saturated heterocycles. The third-order valence-corrected chi connectivity index (χ3v) is 5.18. The molecule has 0 amide bonds. The number of benzene rings is 1.